The van der Waals surface area contributed by atoms with E-state index in [1.165, 1.54) is 13.2 Å². The van der Waals surface area contributed by atoms with Crippen molar-refractivity contribution in [1.82, 2.24) is 0 Å². The molecule has 2 rings (SSSR count). The fourth-order valence-electron chi connectivity index (χ4n) is 1.94. The molecule has 0 radical (unpaired) electrons. The van der Waals surface area contributed by atoms with Crippen molar-refractivity contribution in [2.24, 2.45) is 0 Å². The summed E-state index contributed by atoms with van der Waals surface area (Å²) in [5, 5.41) is -0.334. The molecular formula is C15H13Cl2FO2. The minimum Gasteiger partial charge on any atom is -0.497 e. The van der Waals surface area contributed by atoms with E-state index in [2.05, 4.69) is 0 Å². The highest BCUT2D eigenvalue weighted by atomic mass is 35.5. The molecule has 0 aliphatic carbocycles. The van der Waals surface area contributed by atoms with Crippen LogP contribution < -0.4 is 9.47 Å². The summed E-state index contributed by atoms with van der Waals surface area (Å²) in [5.41, 5.74) is 0.862. The lowest BCUT2D eigenvalue weighted by molar-refractivity contribution is 0.405. The summed E-state index contributed by atoms with van der Waals surface area (Å²) in [6.45, 7) is 0. The Hall–Kier alpha value is -1.45. The Balaban J connectivity index is 2.49. The molecular weight excluding hydrogens is 302 g/mol. The molecule has 2 aromatic rings. The van der Waals surface area contributed by atoms with E-state index in [4.69, 9.17) is 32.7 Å². The van der Waals surface area contributed by atoms with Crippen molar-refractivity contribution >= 4 is 23.2 Å². The van der Waals surface area contributed by atoms with Crippen LogP contribution in [-0.2, 0) is 0 Å². The van der Waals surface area contributed by atoms with E-state index in [1.807, 2.05) is 0 Å². The second kappa shape index (κ2) is 6.33. The normalized spacial score (nSPS) is 12.1. The molecule has 20 heavy (non-hydrogen) atoms. The van der Waals surface area contributed by atoms with E-state index in [0.717, 1.165) is 0 Å². The van der Waals surface area contributed by atoms with E-state index in [-0.39, 0.29) is 5.56 Å². The van der Waals surface area contributed by atoms with Crippen molar-refractivity contribution in [3.63, 3.8) is 0 Å². The van der Waals surface area contributed by atoms with Gasteiger partial charge in [-0.3, -0.25) is 0 Å². The van der Waals surface area contributed by atoms with Crippen LogP contribution in [-0.4, -0.2) is 14.2 Å². The van der Waals surface area contributed by atoms with Gasteiger partial charge in [-0.25, -0.2) is 4.39 Å². The number of hydrogen-bond donors (Lipinski definition) is 0. The Morgan fingerprint density at radius 3 is 2.45 bits per heavy atom. The molecule has 0 fully saturated rings. The van der Waals surface area contributed by atoms with Gasteiger partial charge in [-0.1, -0.05) is 23.7 Å². The molecule has 0 aromatic heterocycles. The van der Waals surface area contributed by atoms with E-state index in [1.54, 1.807) is 37.4 Å². The average Bonchev–Trinajstić information content (AvgIpc) is 2.46. The second-order valence-electron chi connectivity index (χ2n) is 4.11. The molecule has 0 saturated carbocycles. The SMILES string of the molecule is COc1ccc(C(Cl)c2c(F)cccc2OC)c(Cl)c1. The van der Waals surface area contributed by atoms with Gasteiger partial charge in [-0.15, -0.1) is 11.6 Å². The Kier molecular flexibility index (Phi) is 4.73. The van der Waals surface area contributed by atoms with Crippen LogP contribution in [0.4, 0.5) is 4.39 Å². The minimum atomic E-state index is -0.746. The molecule has 0 aliphatic rings. The lowest BCUT2D eigenvalue weighted by atomic mass is 10.0. The zero-order chi connectivity index (χ0) is 14.7. The summed E-state index contributed by atoms with van der Waals surface area (Å²) >= 11 is 12.5. The third-order valence-corrected chi connectivity index (χ3v) is 3.75. The summed E-state index contributed by atoms with van der Waals surface area (Å²) in [6.07, 6.45) is 0. The van der Waals surface area contributed by atoms with Gasteiger partial charge in [0.25, 0.3) is 0 Å². The molecule has 0 amide bonds. The zero-order valence-electron chi connectivity index (χ0n) is 11.0. The van der Waals surface area contributed by atoms with Gasteiger partial charge in [0.2, 0.25) is 0 Å². The quantitative estimate of drug-likeness (QED) is 0.753. The van der Waals surface area contributed by atoms with Gasteiger partial charge in [0.15, 0.2) is 0 Å². The van der Waals surface area contributed by atoms with Crippen molar-refractivity contribution in [3.05, 3.63) is 58.4 Å². The van der Waals surface area contributed by atoms with Gasteiger partial charge in [0, 0.05) is 5.02 Å². The molecule has 1 atom stereocenters. The first-order valence-corrected chi connectivity index (χ1v) is 6.69. The Morgan fingerprint density at radius 1 is 1.10 bits per heavy atom. The van der Waals surface area contributed by atoms with Crippen LogP contribution >= 0.6 is 23.2 Å². The highest BCUT2D eigenvalue weighted by molar-refractivity contribution is 6.33. The van der Waals surface area contributed by atoms with Gasteiger partial charge >= 0.3 is 0 Å². The number of halogens is 3. The van der Waals surface area contributed by atoms with E-state index >= 15 is 0 Å². The van der Waals surface area contributed by atoms with Gasteiger partial charge in [-0.05, 0) is 29.8 Å². The van der Waals surface area contributed by atoms with Gasteiger partial charge in [0.1, 0.15) is 17.3 Å². The van der Waals surface area contributed by atoms with Crippen molar-refractivity contribution in [2.45, 2.75) is 5.38 Å². The van der Waals surface area contributed by atoms with Crippen molar-refractivity contribution in [2.75, 3.05) is 14.2 Å². The predicted octanol–water partition coefficient (Wildman–Crippen LogP) is 4.82. The third-order valence-electron chi connectivity index (χ3n) is 2.97. The molecule has 2 nitrogen and oxygen atoms in total. The van der Waals surface area contributed by atoms with Crippen LogP contribution in [0.2, 0.25) is 5.02 Å². The second-order valence-corrected chi connectivity index (χ2v) is 4.95. The smallest absolute Gasteiger partial charge is 0.131 e. The fraction of sp³-hybridized carbons (Fsp3) is 0.200. The average molecular weight is 315 g/mol. The lowest BCUT2D eigenvalue weighted by Gasteiger charge is -2.16. The first kappa shape index (κ1) is 14.9. The van der Waals surface area contributed by atoms with Crippen LogP contribution in [0.3, 0.4) is 0 Å². The molecule has 1 unspecified atom stereocenters. The van der Waals surface area contributed by atoms with Gasteiger partial charge < -0.3 is 9.47 Å². The molecule has 0 aliphatic heterocycles. The van der Waals surface area contributed by atoms with E-state index in [9.17, 15) is 4.39 Å². The first-order valence-electron chi connectivity index (χ1n) is 5.88. The van der Waals surface area contributed by atoms with Crippen LogP contribution in [0.5, 0.6) is 11.5 Å². The maximum absolute atomic E-state index is 14.0. The molecule has 0 spiro atoms. The van der Waals surface area contributed by atoms with Gasteiger partial charge in [0.05, 0.1) is 25.2 Å². The van der Waals surface area contributed by atoms with Crippen LogP contribution in [0.15, 0.2) is 36.4 Å². The topological polar surface area (TPSA) is 18.5 Å². The molecule has 0 bridgehead atoms. The van der Waals surface area contributed by atoms with Gasteiger partial charge in [-0.2, -0.15) is 0 Å². The number of hydrogen-bond acceptors (Lipinski definition) is 2. The number of ether oxygens (including phenoxy) is 2. The maximum Gasteiger partial charge on any atom is 0.131 e. The monoisotopic (exact) mass is 314 g/mol. The van der Waals surface area contributed by atoms with Crippen LogP contribution in [0.1, 0.15) is 16.5 Å². The van der Waals surface area contributed by atoms with Crippen LogP contribution in [0, 0.1) is 5.82 Å². The Morgan fingerprint density at radius 2 is 1.85 bits per heavy atom. The zero-order valence-corrected chi connectivity index (χ0v) is 12.5. The first-order chi connectivity index (χ1) is 9.58. The predicted molar refractivity (Wildman–Crippen MR) is 78.7 cm³/mol. The third kappa shape index (κ3) is 2.84. The minimum absolute atomic E-state index is 0.267. The molecule has 106 valence electrons. The summed E-state index contributed by atoms with van der Waals surface area (Å²) in [4.78, 5) is 0. The Bertz CT molecular complexity index is 617. The summed E-state index contributed by atoms with van der Waals surface area (Å²) in [5.74, 6) is 0.566. The molecule has 5 heteroatoms. The standard InChI is InChI=1S/C15H13Cl2FO2/c1-19-9-6-7-10(11(16)8-9)15(17)14-12(18)4-3-5-13(14)20-2/h3-8,15H,1-2H3. The van der Waals surface area contributed by atoms with Crippen LogP contribution in [0.25, 0.3) is 0 Å². The fourth-order valence-corrected chi connectivity index (χ4v) is 2.67. The maximum atomic E-state index is 14.0. The molecule has 0 N–H and O–H groups in total. The largest absolute Gasteiger partial charge is 0.497 e. The van der Waals surface area contributed by atoms with Crippen molar-refractivity contribution in [1.29, 1.82) is 0 Å². The van der Waals surface area contributed by atoms with Crippen molar-refractivity contribution < 1.29 is 13.9 Å². The number of alkyl halides is 1. The summed E-state index contributed by atoms with van der Waals surface area (Å²) in [6, 6.07) is 9.64. The number of methoxy groups -OCH3 is 2. The summed E-state index contributed by atoms with van der Waals surface area (Å²) < 4.78 is 24.3. The van der Waals surface area contributed by atoms with Crippen molar-refractivity contribution in [3.8, 4) is 11.5 Å². The Labute approximate surface area is 127 Å². The molecule has 0 saturated heterocycles. The highest BCUT2D eigenvalue weighted by Gasteiger charge is 2.22. The summed E-state index contributed by atoms with van der Waals surface area (Å²) in [7, 11) is 3.01. The number of rotatable bonds is 4. The molecule has 2 aromatic carbocycles. The van der Waals surface area contributed by atoms with E-state index < -0.39 is 11.2 Å². The lowest BCUT2D eigenvalue weighted by Crippen LogP contribution is -2.01. The van der Waals surface area contributed by atoms with E-state index in [0.29, 0.717) is 22.1 Å². The molecule has 0 heterocycles. The number of benzene rings is 2. The highest BCUT2D eigenvalue weighted by Crippen LogP contribution is 2.40.